The Morgan fingerprint density at radius 1 is 1.38 bits per heavy atom. The smallest absolute Gasteiger partial charge is 0.333 e. The van der Waals surface area contributed by atoms with Gasteiger partial charge >= 0.3 is 5.97 Å². The molecule has 0 fully saturated rings. The van der Waals surface area contributed by atoms with Gasteiger partial charge in [-0.3, -0.25) is 14.2 Å². The molecule has 1 amide bonds. The van der Waals surface area contributed by atoms with Gasteiger partial charge in [-0.15, -0.1) is 22.7 Å². The van der Waals surface area contributed by atoms with Gasteiger partial charge in [0.25, 0.3) is 5.56 Å². The topological polar surface area (TPSA) is 68.6 Å². The van der Waals surface area contributed by atoms with Crippen molar-refractivity contribution in [1.29, 1.82) is 0 Å². The van der Waals surface area contributed by atoms with E-state index in [-0.39, 0.29) is 24.6 Å². The maximum atomic E-state index is 12.6. The largest absolute Gasteiger partial charge is 0.463 e. The maximum Gasteiger partial charge on any atom is 0.333 e. The van der Waals surface area contributed by atoms with E-state index in [0.29, 0.717) is 9.20 Å². The first kappa shape index (κ1) is 18.2. The number of carbonyl (C=O) groups excluding carboxylic acids is 2. The third-order valence-electron chi connectivity index (χ3n) is 3.07. The minimum Gasteiger partial charge on any atom is -0.463 e. The summed E-state index contributed by atoms with van der Waals surface area (Å²) in [6.07, 6.45) is 3.01. The Labute approximate surface area is 146 Å². The minimum absolute atomic E-state index is 0.119. The van der Waals surface area contributed by atoms with Crippen LogP contribution in [0.2, 0.25) is 0 Å². The predicted molar refractivity (Wildman–Crippen MR) is 95.5 cm³/mol. The average Bonchev–Trinajstić information content (AvgIpc) is 3.12. The number of likely N-dealkylation sites (N-methyl/N-ethyl adjacent to an activating group) is 1. The minimum atomic E-state index is -0.535. The monoisotopic (exact) mass is 366 g/mol. The van der Waals surface area contributed by atoms with Gasteiger partial charge in [-0.05, 0) is 24.4 Å². The Kier molecular flexibility index (Phi) is 6.10. The fourth-order valence-corrected chi connectivity index (χ4v) is 3.61. The van der Waals surface area contributed by atoms with Gasteiger partial charge in [0.2, 0.25) is 5.91 Å². The standard InChI is InChI=1S/C16H18N2O4S2/c1-4-22-15(20)9-14-18(10-13(19)17(2)3)16(21)12(24-14)8-11-6-5-7-23-11/h5-9H,4,10H2,1-3H3/b12-8+,14-9-. The molecule has 0 aliphatic carbocycles. The molecular weight excluding hydrogens is 348 g/mol. The summed E-state index contributed by atoms with van der Waals surface area (Å²) in [5, 5.41) is 1.92. The van der Waals surface area contributed by atoms with Gasteiger partial charge in [-0.2, -0.15) is 0 Å². The molecule has 2 aromatic heterocycles. The number of amides is 1. The van der Waals surface area contributed by atoms with Crippen molar-refractivity contribution < 1.29 is 14.3 Å². The number of hydrogen-bond acceptors (Lipinski definition) is 6. The van der Waals surface area contributed by atoms with Crippen LogP contribution in [-0.4, -0.2) is 42.0 Å². The van der Waals surface area contributed by atoms with Crippen molar-refractivity contribution in [2.24, 2.45) is 0 Å². The molecule has 2 aromatic rings. The first-order valence-corrected chi connectivity index (χ1v) is 8.95. The molecule has 0 saturated carbocycles. The zero-order valence-electron chi connectivity index (χ0n) is 13.6. The summed E-state index contributed by atoms with van der Waals surface area (Å²) in [5.41, 5.74) is -0.292. The van der Waals surface area contributed by atoms with Gasteiger partial charge in [-0.25, -0.2) is 4.79 Å². The summed E-state index contributed by atoms with van der Waals surface area (Å²) >= 11 is 2.68. The number of esters is 1. The van der Waals surface area contributed by atoms with E-state index < -0.39 is 5.97 Å². The molecular formula is C16H18N2O4S2. The fourth-order valence-electron chi connectivity index (χ4n) is 1.86. The Balaban J connectivity index is 2.57. The number of nitrogens with zero attached hydrogens (tertiary/aromatic N) is 2. The van der Waals surface area contributed by atoms with Crippen molar-refractivity contribution in [3.63, 3.8) is 0 Å². The number of rotatable bonds is 5. The number of carbonyl (C=O) groups is 2. The molecule has 6 nitrogen and oxygen atoms in total. The molecule has 0 aliphatic heterocycles. The van der Waals surface area contributed by atoms with E-state index in [2.05, 4.69) is 0 Å². The van der Waals surface area contributed by atoms with E-state index >= 15 is 0 Å². The number of ether oxygens (including phenoxy) is 1. The molecule has 2 rings (SSSR count). The number of aromatic nitrogens is 1. The first-order valence-electron chi connectivity index (χ1n) is 7.26. The molecule has 0 saturated heterocycles. The molecule has 0 unspecified atom stereocenters. The second-order valence-corrected chi connectivity index (χ2v) is 7.08. The Bertz CT molecular complexity index is 892. The van der Waals surface area contributed by atoms with Crippen LogP contribution in [0.4, 0.5) is 0 Å². The van der Waals surface area contributed by atoms with E-state index in [1.54, 1.807) is 27.1 Å². The average molecular weight is 366 g/mol. The zero-order chi connectivity index (χ0) is 17.7. The molecule has 24 heavy (non-hydrogen) atoms. The summed E-state index contributed by atoms with van der Waals surface area (Å²) in [7, 11) is 3.24. The lowest BCUT2D eigenvalue weighted by molar-refractivity contribution is -0.135. The summed E-state index contributed by atoms with van der Waals surface area (Å²) in [5.74, 6) is -0.761. The van der Waals surface area contributed by atoms with Crippen LogP contribution in [0.15, 0.2) is 22.3 Å². The molecule has 0 atom stereocenters. The summed E-state index contributed by atoms with van der Waals surface area (Å²) < 4.78 is 7.08. The molecule has 0 spiro atoms. The Morgan fingerprint density at radius 3 is 2.71 bits per heavy atom. The van der Waals surface area contributed by atoms with Gasteiger partial charge in [0.1, 0.15) is 11.2 Å². The molecule has 0 N–H and O–H groups in total. The van der Waals surface area contributed by atoms with Crippen LogP contribution in [0.5, 0.6) is 0 Å². The third kappa shape index (κ3) is 4.42. The van der Waals surface area contributed by atoms with Gasteiger partial charge in [0.15, 0.2) is 0 Å². The Hall–Kier alpha value is -2.19. The number of hydrogen-bond donors (Lipinski definition) is 0. The van der Waals surface area contributed by atoms with Crippen molar-refractivity contribution in [3.8, 4) is 0 Å². The number of thiazole rings is 1. The van der Waals surface area contributed by atoms with Crippen molar-refractivity contribution in [2.75, 3.05) is 20.7 Å². The lowest BCUT2D eigenvalue weighted by atomic mass is 10.4. The predicted octanol–water partition coefficient (Wildman–Crippen LogP) is 0.232. The van der Waals surface area contributed by atoms with Crippen LogP contribution >= 0.6 is 22.7 Å². The van der Waals surface area contributed by atoms with Crippen LogP contribution in [0.1, 0.15) is 11.8 Å². The van der Waals surface area contributed by atoms with E-state index in [1.165, 1.54) is 38.2 Å². The highest BCUT2D eigenvalue weighted by molar-refractivity contribution is 7.11. The number of thiophene rings is 1. The molecule has 0 aliphatic rings. The van der Waals surface area contributed by atoms with Gasteiger partial charge < -0.3 is 9.64 Å². The van der Waals surface area contributed by atoms with Gasteiger partial charge in [0.05, 0.1) is 17.2 Å². The Morgan fingerprint density at radius 2 is 2.12 bits per heavy atom. The molecule has 128 valence electrons. The molecule has 0 aromatic carbocycles. The van der Waals surface area contributed by atoms with E-state index in [1.807, 2.05) is 17.5 Å². The maximum absolute atomic E-state index is 12.6. The van der Waals surface area contributed by atoms with Crippen molar-refractivity contribution in [3.05, 3.63) is 41.9 Å². The highest BCUT2D eigenvalue weighted by Crippen LogP contribution is 2.08. The lowest BCUT2D eigenvalue weighted by Gasteiger charge is -2.10. The fraction of sp³-hybridized carbons (Fsp3) is 0.312. The SMILES string of the molecule is CCOC(=O)/C=c1\s/c(=C/c2cccs2)c(=O)n1CC(=O)N(C)C. The van der Waals surface area contributed by atoms with Gasteiger partial charge in [0, 0.05) is 19.0 Å². The van der Waals surface area contributed by atoms with Gasteiger partial charge in [-0.1, -0.05) is 6.07 Å². The lowest BCUT2D eigenvalue weighted by Crippen LogP contribution is -2.38. The van der Waals surface area contributed by atoms with Crippen molar-refractivity contribution in [2.45, 2.75) is 13.5 Å². The normalized spacial score (nSPS) is 12.5. The van der Waals surface area contributed by atoms with Crippen LogP contribution in [-0.2, 0) is 20.9 Å². The van der Waals surface area contributed by atoms with E-state index in [4.69, 9.17) is 4.74 Å². The third-order valence-corrected chi connectivity index (χ3v) is 4.95. The summed E-state index contributed by atoms with van der Waals surface area (Å²) in [4.78, 5) is 38.7. The second-order valence-electron chi connectivity index (χ2n) is 5.04. The second kappa shape index (κ2) is 8.07. The highest BCUT2D eigenvalue weighted by Gasteiger charge is 2.12. The molecule has 0 radical (unpaired) electrons. The van der Waals surface area contributed by atoms with E-state index in [9.17, 15) is 14.4 Å². The van der Waals surface area contributed by atoms with Crippen molar-refractivity contribution in [1.82, 2.24) is 9.47 Å². The molecule has 2 heterocycles. The highest BCUT2D eigenvalue weighted by atomic mass is 32.1. The molecule has 0 bridgehead atoms. The first-order chi connectivity index (χ1) is 11.4. The molecule has 8 heteroatoms. The van der Waals surface area contributed by atoms with Crippen LogP contribution in [0.25, 0.3) is 12.2 Å². The van der Waals surface area contributed by atoms with Crippen LogP contribution in [0, 0.1) is 0 Å². The van der Waals surface area contributed by atoms with Crippen LogP contribution < -0.4 is 14.8 Å². The summed E-state index contributed by atoms with van der Waals surface area (Å²) in [6, 6.07) is 3.79. The quantitative estimate of drug-likeness (QED) is 0.711. The summed E-state index contributed by atoms with van der Waals surface area (Å²) in [6.45, 7) is 1.83. The zero-order valence-corrected chi connectivity index (χ0v) is 15.3. The van der Waals surface area contributed by atoms with E-state index in [0.717, 1.165) is 4.88 Å². The van der Waals surface area contributed by atoms with Crippen LogP contribution in [0.3, 0.4) is 0 Å². The van der Waals surface area contributed by atoms with Crippen molar-refractivity contribution >= 4 is 46.7 Å².